The summed E-state index contributed by atoms with van der Waals surface area (Å²) in [4.78, 5) is 24.6. The highest BCUT2D eigenvalue weighted by atomic mass is 16.2. The third kappa shape index (κ3) is 2.51. The number of carbonyl (C=O) groups is 2. The number of likely N-dealkylation sites (tertiary alicyclic amines) is 1. The molecule has 4 N–H and O–H groups in total. The number of hydrogen-bond acceptors (Lipinski definition) is 3. The van der Waals surface area contributed by atoms with Gasteiger partial charge in [-0.15, -0.1) is 0 Å². The summed E-state index contributed by atoms with van der Waals surface area (Å²) in [6, 6.07) is 8.87. The van der Waals surface area contributed by atoms with Gasteiger partial charge in [0.05, 0.1) is 12.1 Å². The Morgan fingerprint density at radius 1 is 1.06 bits per heavy atom. The van der Waals surface area contributed by atoms with Crippen molar-refractivity contribution in [3.8, 4) is 0 Å². The third-order valence-electron chi connectivity index (χ3n) is 3.38. The average molecular weight is 247 g/mol. The van der Waals surface area contributed by atoms with Crippen LogP contribution in [0.15, 0.2) is 30.3 Å². The van der Waals surface area contributed by atoms with E-state index in [-0.39, 0.29) is 0 Å². The van der Waals surface area contributed by atoms with E-state index in [1.165, 1.54) is 0 Å². The Kier molecular flexibility index (Phi) is 3.62. The molecule has 0 saturated carbocycles. The summed E-state index contributed by atoms with van der Waals surface area (Å²) < 4.78 is 0. The van der Waals surface area contributed by atoms with E-state index in [0.29, 0.717) is 19.4 Å². The molecule has 1 aromatic rings. The van der Waals surface area contributed by atoms with E-state index in [1.807, 2.05) is 30.3 Å². The average Bonchev–Trinajstić information content (AvgIpc) is 2.74. The van der Waals surface area contributed by atoms with E-state index in [2.05, 4.69) is 0 Å². The molecule has 96 valence electrons. The molecule has 1 aromatic carbocycles. The quantitative estimate of drug-likeness (QED) is 0.784. The molecule has 2 amide bonds. The number of nitrogens with two attached hydrogens (primary N) is 2. The summed E-state index contributed by atoms with van der Waals surface area (Å²) in [5, 5.41) is 0. The largest absolute Gasteiger partial charge is 0.368 e. The molecule has 1 fully saturated rings. The summed E-state index contributed by atoms with van der Waals surface area (Å²) >= 11 is 0. The third-order valence-corrected chi connectivity index (χ3v) is 3.38. The molecule has 0 aliphatic carbocycles. The minimum absolute atomic E-state index is 0.394. The van der Waals surface area contributed by atoms with Crippen molar-refractivity contribution in [2.45, 2.75) is 31.5 Å². The first kappa shape index (κ1) is 12.6. The minimum atomic E-state index is -0.400. The number of amides is 2. The molecule has 0 spiro atoms. The lowest BCUT2D eigenvalue weighted by molar-refractivity contribution is -0.126. The second-order valence-corrected chi connectivity index (χ2v) is 4.57. The standard InChI is InChI=1S/C13H17N3O2/c14-12(17)10-6-7-11(13(15)18)16(10)8-9-4-2-1-3-5-9/h1-5,10-11H,6-8H2,(H2,14,17)(H2,15,18)/t10-,11+. The van der Waals surface area contributed by atoms with Gasteiger partial charge in [-0.05, 0) is 18.4 Å². The van der Waals surface area contributed by atoms with Gasteiger partial charge in [0.25, 0.3) is 0 Å². The Balaban J connectivity index is 2.19. The second kappa shape index (κ2) is 5.18. The lowest BCUT2D eigenvalue weighted by atomic mass is 10.1. The maximum absolute atomic E-state index is 11.4. The molecule has 18 heavy (non-hydrogen) atoms. The fourth-order valence-corrected chi connectivity index (χ4v) is 2.49. The van der Waals surface area contributed by atoms with E-state index < -0.39 is 23.9 Å². The van der Waals surface area contributed by atoms with Crippen molar-refractivity contribution < 1.29 is 9.59 Å². The number of nitrogens with zero attached hydrogens (tertiary/aromatic N) is 1. The molecule has 0 aromatic heterocycles. The van der Waals surface area contributed by atoms with Crippen molar-refractivity contribution in [3.63, 3.8) is 0 Å². The van der Waals surface area contributed by atoms with Gasteiger partial charge in [0.15, 0.2) is 0 Å². The van der Waals surface area contributed by atoms with E-state index in [9.17, 15) is 9.59 Å². The van der Waals surface area contributed by atoms with E-state index in [1.54, 1.807) is 4.90 Å². The molecular weight excluding hydrogens is 230 g/mol. The number of hydrogen-bond donors (Lipinski definition) is 2. The molecule has 1 aliphatic heterocycles. The van der Waals surface area contributed by atoms with Gasteiger partial charge in [0.1, 0.15) is 0 Å². The fourth-order valence-electron chi connectivity index (χ4n) is 2.49. The number of rotatable bonds is 4. The van der Waals surface area contributed by atoms with Gasteiger partial charge in [-0.25, -0.2) is 0 Å². The number of carbonyl (C=O) groups excluding carboxylic acids is 2. The fraction of sp³-hybridized carbons (Fsp3) is 0.385. The first-order valence-corrected chi connectivity index (χ1v) is 5.98. The van der Waals surface area contributed by atoms with Crippen LogP contribution in [0.25, 0.3) is 0 Å². The van der Waals surface area contributed by atoms with E-state index in [4.69, 9.17) is 11.5 Å². The van der Waals surface area contributed by atoms with Gasteiger partial charge in [0, 0.05) is 6.54 Å². The molecule has 1 aliphatic rings. The normalized spacial score (nSPS) is 24.0. The van der Waals surface area contributed by atoms with Crippen LogP contribution in [-0.2, 0) is 16.1 Å². The number of primary amides is 2. The highest BCUT2D eigenvalue weighted by Gasteiger charge is 2.39. The van der Waals surface area contributed by atoms with Gasteiger partial charge >= 0.3 is 0 Å². The zero-order valence-electron chi connectivity index (χ0n) is 10.1. The van der Waals surface area contributed by atoms with Gasteiger partial charge in [0.2, 0.25) is 11.8 Å². The summed E-state index contributed by atoms with van der Waals surface area (Å²) in [6.45, 7) is 0.516. The van der Waals surface area contributed by atoms with Gasteiger partial charge in [-0.2, -0.15) is 0 Å². The summed E-state index contributed by atoms with van der Waals surface area (Å²) in [6.07, 6.45) is 1.19. The lowest BCUT2D eigenvalue weighted by Crippen LogP contribution is -2.47. The van der Waals surface area contributed by atoms with Gasteiger partial charge < -0.3 is 11.5 Å². The monoisotopic (exact) mass is 247 g/mol. The molecule has 2 atom stereocenters. The predicted molar refractivity (Wildman–Crippen MR) is 67.2 cm³/mol. The SMILES string of the molecule is NC(=O)[C@H]1CC[C@@H](C(N)=O)N1Cc1ccccc1. The zero-order chi connectivity index (χ0) is 13.1. The summed E-state index contributed by atoms with van der Waals surface area (Å²) in [5.41, 5.74) is 11.8. The molecule has 1 saturated heterocycles. The van der Waals surface area contributed by atoms with Crippen molar-refractivity contribution in [2.24, 2.45) is 11.5 Å². The predicted octanol–water partition coefficient (Wildman–Crippen LogP) is -0.00980. The lowest BCUT2D eigenvalue weighted by Gasteiger charge is -2.26. The Labute approximate surface area is 106 Å². The van der Waals surface area contributed by atoms with Crippen molar-refractivity contribution >= 4 is 11.8 Å². The molecule has 2 rings (SSSR count). The topological polar surface area (TPSA) is 89.4 Å². The highest BCUT2D eigenvalue weighted by molar-refractivity contribution is 5.85. The van der Waals surface area contributed by atoms with Crippen molar-refractivity contribution in [2.75, 3.05) is 0 Å². The van der Waals surface area contributed by atoms with Crippen molar-refractivity contribution in [1.82, 2.24) is 4.90 Å². The van der Waals surface area contributed by atoms with Crippen LogP contribution >= 0.6 is 0 Å². The Hall–Kier alpha value is -1.88. The maximum Gasteiger partial charge on any atom is 0.234 e. The molecular formula is C13H17N3O2. The van der Waals surface area contributed by atoms with Crippen LogP contribution in [0.1, 0.15) is 18.4 Å². The number of benzene rings is 1. The van der Waals surface area contributed by atoms with Crippen LogP contribution in [-0.4, -0.2) is 28.8 Å². The summed E-state index contributed by atoms with van der Waals surface area (Å²) in [5.74, 6) is -0.788. The zero-order valence-corrected chi connectivity index (χ0v) is 10.1. The minimum Gasteiger partial charge on any atom is -0.368 e. The Morgan fingerprint density at radius 3 is 2.00 bits per heavy atom. The Bertz CT molecular complexity index is 425. The summed E-state index contributed by atoms with van der Waals surface area (Å²) in [7, 11) is 0. The van der Waals surface area contributed by atoms with E-state index in [0.717, 1.165) is 5.56 Å². The van der Waals surface area contributed by atoms with Crippen LogP contribution in [0.3, 0.4) is 0 Å². The Morgan fingerprint density at radius 2 is 1.56 bits per heavy atom. The van der Waals surface area contributed by atoms with Crippen LogP contribution in [0.5, 0.6) is 0 Å². The molecule has 0 radical (unpaired) electrons. The van der Waals surface area contributed by atoms with Gasteiger partial charge in [-0.3, -0.25) is 14.5 Å². The first-order valence-electron chi connectivity index (χ1n) is 5.98. The molecule has 0 unspecified atom stereocenters. The first-order chi connectivity index (χ1) is 8.59. The van der Waals surface area contributed by atoms with Crippen LogP contribution in [0.2, 0.25) is 0 Å². The van der Waals surface area contributed by atoms with Crippen LogP contribution in [0.4, 0.5) is 0 Å². The van der Waals surface area contributed by atoms with Crippen LogP contribution < -0.4 is 11.5 Å². The molecule has 0 bridgehead atoms. The molecule has 1 heterocycles. The van der Waals surface area contributed by atoms with Crippen molar-refractivity contribution in [1.29, 1.82) is 0 Å². The smallest absolute Gasteiger partial charge is 0.234 e. The maximum atomic E-state index is 11.4. The second-order valence-electron chi connectivity index (χ2n) is 4.57. The van der Waals surface area contributed by atoms with Crippen molar-refractivity contribution in [3.05, 3.63) is 35.9 Å². The molecule has 5 heteroatoms. The van der Waals surface area contributed by atoms with E-state index >= 15 is 0 Å². The highest BCUT2D eigenvalue weighted by Crippen LogP contribution is 2.26. The van der Waals surface area contributed by atoms with Gasteiger partial charge in [-0.1, -0.05) is 30.3 Å². The molecule has 5 nitrogen and oxygen atoms in total. The van der Waals surface area contributed by atoms with Crippen LogP contribution in [0, 0.1) is 0 Å².